The highest BCUT2D eigenvalue weighted by Gasteiger charge is 2.22. The van der Waals surface area contributed by atoms with Crippen LogP contribution >= 0.6 is 35.6 Å². The smallest absolute Gasteiger partial charge is 0.263 e. The van der Waals surface area contributed by atoms with E-state index in [0.717, 1.165) is 12.2 Å². The summed E-state index contributed by atoms with van der Waals surface area (Å²) < 4.78 is 17.4. The number of carbonyl (C=O) groups excluding carboxylic acids is 1. The number of thioether (sulfide) groups is 1. The summed E-state index contributed by atoms with van der Waals surface area (Å²) in [5.41, 5.74) is 2.02. The Hall–Kier alpha value is -2.22. The van der Waals surface area contributed by atoms with Crippen LogP contribution in [-0.2, 0) is 4.79 Å². The number of thiocarbonyl (C=S) groups is 1. The summed E-state index contributed by atoms with van der Waals surface area (Å²) in [6, 6.07) is 11.6. The van der Waals surface area contributed by atoms with Crippen LogP contribution in [-0.4, -0.2) is 30.6 Å². The van der Waals surface area contributed by atoms with Crippen molar-refractivity contribution >= 4 is 51.9 Å². The number of hydrogen-bond donors (Lipinski definition) is 1. The third kappa shape index (κ3) is 6.15. The number of hydrogen-bond acceptors (Lipinski definition) is 6. The number of ether oxygens (including phenoxy) is 3. The fraction of sp³-hybridized carbons (Fsp3) is 0.304. The van der Waals surface area contributed by atoms with Gasteiger partial charge in [0.2, 0.25) is 0 Å². The van der Waals surface area contributed by atoms with Crippen molar-refractivity contribution in [3.8, 4) is 17.2 Å². The number of carbonyl (C=O) groups is 1. The van der Waals surface area contributed by atoms with Crippen LogP contribution in [0, 0.1) is 0 Å². The van der Waals surface area contributed by atoms with Crippen molar-refractivity contribution in [2.24, 2.45) is 0 Å². The highest BCUT2D eigenvalue weighted by Crippen LogP contribution is 2.38. The van der Waals surface area contributed by atoms with Crippen LogP contribution in [0.3, 0.4) is 0 Å². The second-order valence-electron chi connectivity index (χ2n) is 6.96. The zero-order chi connectivity index (χ0) is 22.4. The Morgan fingerprint density at radius 2 is 1.90 bits per heavy atom. The monoisotopic (exact) mass is 477 g/mol. The van der Waals surface area contributed by atoms with E-state index in [1.807, 2.05) is 12.1 Å². The summed E-state index contributed by atoms with van der Waals surface area (Å²) in [5.74, 6) is 2.01. The molecule has 31 heavy (non-hydrogen) atoms. The molecule has 0 saturated carbocycles. The van der Waals surface area contributed by atoms with Crippen LogP contribution in [0.4, 0.5) is 0 Å². The van der Waals surface area contributed by atoms with Crippen LogP contribution in [0.15, 0.2) is 41.3 Å². The first kappa shape index (κ1) is 23.4. The van der Waals surface area contributed by atoms with E-state index >= 15 is 0 Å². The van der Waals surface area contributed by atoms with Crippen molar-refractivity contribution in [1.29, 1.82) is 0 Å². The molecule has 1 aliphatic heterocycles. The highest BCUT2D eigenvalue weighted by atomic mass is 35.5. The lowest BCUT2D eigenvalue weighted by Crippen LogP contribution is -2.17. The number of rotatable bonds is 9. The molecule has 1 aliphatic rings. The molecule has 3 rings (SSSR count). The number of methoxy groups -OCH3 is 1. The van der Waals surface area contributed by atoms with Crippen molar-refractivity contribution in [3.05, 3.63) is 57.5 Å². The average Bonchev–Trinajstić information content (AvgIpc) is 3.08. The summed E-state index contributed by atoms with van der Waals surface area (Å²) in [5, 5.41) is 2.97. The molecule has 0 bridgehead atoms. The van der Waals surface area contributed by atoms with E-state index in [1.54, 1.807) is 18.2 Å². The van der Waals surface area contributed by atoms with E-state index in [-0.39, 0.29) is 5.91 Å². The van der Waals surface area contributed by atoms with Gasteiger partial charge in [-0.15, -0.1) is 0 Å². The Bertz CT molecular complexity index is 992. The number of amides is 1. The minimum Gasteiger partial charge on any atom is -0.493 e. The largest absolute Gasteiger partial charge is 0.493 e. The molecule has 5 nitrogen and oxygen atoms in total. The van der Waals surface area contributed by atoms with Gasteiger partial charge < -0.3 is 19.5 Å². The summed E-state index contributed by atoms with van der Waals surface area (Å²) in [6.45, 7) is 5.05. The normalized spacial score (nSPS) is 15.7. The molecule has 0 aliphatic carbocycles. The third-order valence-corrected chi connectivity index (χ3v) is 6.29. The lowest BCUT2D eigenvalue weighted by molar-refractivity contribution is -0.115. The molecule has 0 aromatic heterocycles. The van der Waals surface area contributed by atoms with Gasteiger partial charge in [-0.25, -0.2) is 0 Å². The molecule has 0 radical (unpaired) electrons. The SMILES string of the molecule is CCC(C)c1ccc(OCCOc2c(Cl)cc(/C=C3\SC(=S)NC3=O)cc2OC)cc1. The second kappa shape index (κ2) is 10.9. The molecule has 0 spiro atoms. The van der Waals surface area contributed by atoms with Gasteiger partial charge in [-0.1, -0.05) is 61.6 Å². The van der Waals surface area contributed by atoms with Gasteiger partial charge in [0.05, 0.1) is 17.0 Å². The minimum absolute atomic E-state index is 0.222. The molecular weight excluding hydrogens is 454 g/mol. The van der Waals surface area contributed by atoms with Gasteiger partial charge in [0, 0.05) is 0 Å². The first-order chi connectivity index (χ1) is 14.9. The molecule has 164 valence electrons. The third-order valence-electron chi connectivity index (χ3n) is 4.85. The molecule has 1 amide bonds. The van der Waals surface area contributed by atoms with Crippen LogP contribution in [0.1, 0.15) is 37.3 Å². The maximum absolute atomic E-state index is 11.9. The maximum Gasteiger partial charge on any atom is 0.263 e. The predicted octanol–water partition coefficient (Wildman–Crippen LogP) is 5.81. The van der Waals surface area contributed by atoms with Gasteiger partial charge in [-0.3, -0.25) is 4.79 Å². The maximum atomic E-state index is 11.9. The predicted molar refractivity (Wildman–Crippen MR) is 130 cm³/mol. The van der Waals surface area contributed by atoms with E-state index in [1.165, 1.54) is 24.4 Å². The fourth-order valence-corrected chi connectivity index (χ4v) is 4.29. The zero-order valence-corrected chi connectivity index (χ0v) is 20.0. The van der Waals surface area contributed by atoms with Crippen LogP contribution in [0.5, 0.6) is 17.2 Å². The van der Waals surface area contributed by atoms with E-state index < -0.39 is 0 Å². The van der Waals surface area contributed by atoms with E-state index in [9.17, 15) is 4.79 Å². The second-order valence-corrected chi connectivity index (χ2v) is 9.09. The fourth-order valence-electron chi connectivity index (χ4n) is 2.97. The van der Waals surface area contributed by atoms with Gasteiger partial charge in [-0.05, 0) is 53.8 Å². The van der Waals surface area contributed by atoms with Gasteiger partial charge in [-0.2, -0.15) is 0 Å². The quantitative estimate of drug-likeness (QED) is 0.279. The molecule has 1 heterocycles. The van der Waals surface area contributed by atoms with Crippen molar-refractivity contribution in [3.63, 3.8) is 0 Å². The topological polar surface area (TPSA) is 56.8 Å². The standard InChI is InChI=1S/C23H24ClNO4S2/c1-4-14(2)16-5-7-17(8-6-16)28-9-10-29-21-18(24)11-15(12-19(21)27-3)13-20-22(26)25-23(30)31-20/h5-8,11-14H,4,9-10H2,1-3H3,(H,25,26,30)/b20-13-. The summed E-state index contributed by atoms with van der Waals surface area (Å²) >= 11 is 12.6. The number of halogens is 1. The van der Waals surface area contributed by atoms with Gasteiger partial charge in [0.1, 0.15) is 23.3 Å². The van der Waals surface area contributed by atoms with Gasteiger partial charge in [0.15, 0.2) is 11.5 Å². The van der Waals surface area contributed by atoms with Crippen molar-refractivity contribution in [2.75, 3.05) is 20.3 Å². The van der Waals surface area contributed by atoms with E-state index in [2.05, 4.69) is 31.3 Å². The lowest BCUT2D eigenvalue weighted by Gasteiger charge is -2.14. The Labute approximate surface area is 197 Å². The Kier molecular flexibility index (Phi) is 8.23. The van der Waals surface area contributed by atoms with Crippen LogP contribution in [0.2, 0.25) is 5.02 Å². The molecule has 2 aromatic rings. The highest BCUT2D eigenvalue weighted by molar-refractivity contribution is 8.26. The minimum atomic E-state index is -0.222. The molecular formula is C23H24ClNO4S2. The van der Waals surface area contributed by atoms with Crippen molar-refractivity contribution < 1.29 is 19.0 Å². The number of benzene rings is 2. The lowest BCUT2D eigenvalue weighted by atomic mass is 9.99. The van der Waals surface area contributed by atoms with Gasteiger partial charge >= 0.3 is 0 Å². The first-order valence-corrected chi connectivity index (χ1v) is 11.5. The molecule has 1 N–H and O–H groups in total. The van der Waals surface area contributed by atoms with E-state index in [0.29, 0.717) is 50.4 Å². The molecule has 1 fully saturated rings. The summed E-state index contributed by atoms with van der Waals surface area (Å²) in [7, 11) is 1.54. The molecule has 8 heteroatoms. The van der Waals surface area contributed by atoms with Crippen molar-refractivity contribution in [1.82, 2.24) is 5.32 Å². The molecule has 2 aromatic carbocycles. The van der Waals surface area contributed by atoms with Crippen molar-refractivity contribution in [2.45, 2.75) is 26.2 Å². The Morgan fingerprint density at radius 1 is 1.19 bits per heavy atom. The molecule has 1 unspecified atom stereocenters. The van der Waals surface area contributed by atoms with Crippen LogP contribution in [0.25, 0.3) is 6.08 Å². The Balaban J connectivity index is 1.60. The van der Waals surface area contributed by atoms with Crippen LogP contribution < -0.4 is 19.5 Å². The first-order valence-electron chi connectivity index (χ1n) is 9.89. The molecule has 1 atom stereocenters. The Morgan fingerprint density at radius 3 is 2.52 bits per heavy atom. The average molecular weight is 478 g/mol. The number of nitrogens with one attached hydrogen (secondary N) is 1. The summed E-state index contributed by atoms with van der Waals surface area (Å²) in [4.78, 5) is 12.4. The van der Waals surface area contributed by atoms with Gasteiger partial charge in [0.25, 0.3) is 5.91 Å². The summed E-state index contributed by atoms with van der Waals surface area (Å²) in [6.07, 6.45) is 2.82. The molecule has 1 saturated heterocycles. The zero-order valence-electron chi connectivity index (χ0n) is 17.6. The van der Waals surface area contributed by atoms with E-state index in [4.69, 9.17) is 38.0 Å².